The van der Waals surface area contributed by atoms with Gasteiger partial charge in [-0.05, 0) is 17.7 Å². The summed E-state index contributed by atoms with van der Waals surface area (Å²) in [6, 6.07) is 12.6. The standard InChI is InChI=1S/C14H15N3O2/c1-19-13-8-7-11(9-15-13)10-16-14(18)17-12-5-3-2-4-6-12/h2-9H,10H2,1H3,(H2,16,17,18). The number of carbonyl (C=O) groups is 1. The number of nitrogens with zero attached hydrogens (tertiary/aromatic N) is 1. The van der Waals surface area contributed by atoms with Crippen LogP contribution in [0.2, 0.25) is 0 Å². The van der Waals surface area contributed by atoms with Crippen LogP contribution in [0, 0.1) is 0 Å². The minimum atomic E-state index is -0.248. The third-order valence-electron chi connectivity index (χ3n) is 2.49. The number of aromatic nitrogens is 1. The minimum Gasteiger partial charge on any atom is -0.481 e. The van der Waals surface area contributed by atoms with Gasteiger partial charge in [-0.1, -0.05) is 24.3 Å². The van der Waals surface area contributed by atoms with Gasteiger partial charge < -0.3 is 15.4 Å². The predicted octanol–water partition coefficient (Wildman–Crippen LogP) is 2.41. The lowest BCUT2D eigenvalue weighted by atomic mass is 10.3. The molecule has 19 heavy (non-hydrogen) atoms. The molecule has 1 heterocycles. The van der Waals surface area contributed by atoms with Crippen molar-refractivity contribution in [2.45, 2.75) is 6.54 Å². The summed E-state index contributed by atoms with van der Waals surface area (Å²) in [6.45, 7) is 0.412. The maximum Gasteiger partial charge on any atom is 0.319 e. The molecule has 0 atom stereocenters. The number of hydrogen-bond acceptors (Lipinski definition) is 3. The molecule has 2 N–H and O–H groups in total. The molecule has 2 amide bonds. The van der Waals surface area contributed by atoms with E-state index in [1.807, 2.05) is 36.4 Å². The zero-order valence-electron chi connectivity index (χ0n) is 10.6. The first kappa shape index (κ1) is 12.9. The summed E-state index contributed by atoms with van der Waals surface area (Å²) in [5, 5.41) is 5.49. The number of anilines is 1. The summed E-state index contributed by atoms with van der Waals surface area (Å²) in [7, 11) is 1.56. The molecule has 1 aromatic heterocycles. The van der Waals surface area contributed by atoms with Gasteiger partial charge in [0.15, 0.2) is 0 Å². The molecule has 0 aliphatic carbocycles. The van der Waals surface area contributed by atoms with Crippen molar-refractivity contribution < 1.29 is 9.53 Å². The molecule has 0 radical (unpaired) electrons. The Balaban J connectivity index is 1.83. The molecule has 0 saturated carbocycles. The van der Waals surface area contributed by atoms with Crippen LogP contribution in [0.3, 0.4) is 0 Å². The number of pyridine rings is 1. The van der Waals surface area contributed by atoms with Gasteiger partial charge in [0, 0.05) is 24.5 Å². The van der Waals surface area contributed by atoms with E-state index in [1.54, 1.807) is 19.4 Å². The van der Waals surface area contributed by atoms with Gasteiger partial charge in [-0.3, -0.25) is 0 Å². The van der Waals surface area contributed by atoms with Gasteiger partial charge in [0.05, 0.1) is 7.11 Å². The summed E-state index contributed by atoms with van der Waals surface area (Å²) in [5.41, 5.74) is 1.66. The average Bonchev–Trinajstić information content (AvgIpc) is 2.47. The molecule has 5 heteroatoms. The lowest BCUT2D eigenvalue weighted by Gasteiger charge is -2.07. The predicted molar refractivity (Wildman–Crippen MR) is 73.1 cm³/mol. The first-order chi connectivity index (χ1) is 9.28. The summed E-state index contributed by atoms with van der Waals surface area (Å²) < 4.78 is 4.96. The average molecular weight is 257 g/mol. The summed E-state index contributed by atoms with van der Waals surface area (Å²) in [4.78, 5) is 15.7. The van der Waals surface area contributed by atoms with Crippen molar-refractivity contribution in [2.75, 3.05) is 12.4 Å². The number of carbonyl (C=O) groups excluding carboxylic acids is 1. The topological polar surface area (TPSA) is 63.2 Å². The van der Waals surface area contributed by atoms with Crippen molar-refractivity contribution in [1.29, 1.82) is 0 Å². The number of methoxy groups -OCH3 is 1. The third kappa shape index (κ3) is 3.99. The van der Waals surface area contributed by atoms with E-state index in [4.69, 9.17) is 4.74 Å². The van der Waals surface area contributed by atoms with E-state index in [2.05, 4.69) is 15.6 Å². The highest BCUT2D eigenvalue weighted by Crippen LogP contribution is 2.07. The molecule has 0 unspecified atom stereocenters. The van der Waals surface area contributed by atoms with E-state index in [-0.39, 0.29) is 6.03 Å². The number of rotatable bonds is 4. The zero-order valence-corrected chi connectivity index (χ0v) is 10.6. The van der Waals surface area contributed by atoms with E-state index in [0.29, 0.717) is 12.4 Å². The van der Waals surface area contributed by atoms with Crippen molar-refractivity contribution in [2.24, 2.45) is 0 Å². The number of amides is 2. The van der Waals surface area contributed by atoms with Gasteiger partial charge in [0.1, 0.15) is 0 Å². The first-order valence-corrected chi connectivity index (χ1v) is 5.87. The van der Waals surface area contributed by atoms with E-state index in [0.717, 1.165) is 11.3 Å². The Hall–Kier alpha value is -2.56. The lowest BCUT2D eigenvalue weighted by molar-refractivity contribution is 0.251. The Morgan fingerprint density at radius 3 is 2.63 bits per heavy atom. The van der Waals surface area contributed by atoms with Gasteiger partial charge in [-0.2, -0.15) is 0 Å². The molecular weight excluding hydrogens is 242 g/mol. The van der Waals surface area contributed by atoms with Crippen LogP contribution in [0.5, 0.6) is 5.88 Å². The first-order valence-electron chi connectivity index (χ1n) is 5.87. The minimum absolute atomic E-state index is 0.248. The Morgan fingerprint density at radius 2 is 2.00 bits per heavy atom. The van der Waals surface area contributed by atoms with Crippen LogP contribution in [0.1, 0.15) is 5.56 Å². The van der Waals surface area contributed by atoms with Crippen molar-refractivity contribution in [3.8, 4) is 5.88 Å². The number of benzene rings is 1. The van der Waals surface area contributed by atoms with Gasteiger partial charge in [-0.15, -0.1) is 0 Å². The number of hydrogen-bond donors (Lipinski definition) is 2. The summed E-state index contributed by atoms with van der Waals surface area (Å²) >= 11 is 0. The molecular formula is C14H15N3O2. The molecule has 0 bridgehead atoms. The van der Waals surface area contributed by atoms with Crippen LogP contribution >= 0.6 is 0 Å². The maximum absolute atomic E-state index is 11.6. The van der Waals surface area contributed by atoms with Gasteiger partial charge in [0.2, 0.25) is 5.88 Å². The molecule has 5 nitrogen and oxygen atoms in total. The molecule has 1 aromatic carbocycles. The molecule has 0 aliphatic heterocycles. The van der Waals surface area contributed by atoms with E-state index in [9.17, 15) is 4.79 Å². The van der Waals surface area contributed by atoms with Crippen LogP contribution in [0.25, 0.3) is 0 Å². The van der Waals surface area contributed by atoms with Gasteiger partial charge >= 0.3 is 6.03 Å². The Kier molecular flexibility index (Phi) is 4.34. The van der Waals surface area contributed by atoms with Crippen molar-refractivity contribution in [1.82, 2.24) is 10.3 Å². The number of urea groups is 1. The van der Waals surface area contributed by atoms with Crippen molar-refractivity contribution in [3.63, 3.8) is 0 Å². The van der Waals surface area contributed by atoms with Crippen LogP contribution in [-0.2, 0) is 6.54 Å². The van der Waals surface area contributed by atoms with Gasteiger partial charge in [0.25, 0.3) is 0 Å². The smallest absolute Gasteiger partial charge is 0.319 e. The fourth-order valence-electron chi connectivity index (χ4n) is 1.52. The molecule has 2 aromatic rings. The molecule has 2 rings (SSSR count). The quantitative estimate of drug-likeness (QED) is 0.884. The molecule has 0 fully saturated rings. The van der Waals surface area contributed by atoms with Crippen LogP contribution in [-0.4, -0.2) is 18.1 Å². The van der Waals surface area contributed by atoms with Crippen molar-refractivity contribution >= 4 is 11.7 Å². The van der Waals surface area contributed by atoms with E-state index < -0.39 is 0 Å². The number of ether oxygens (including phenoxy) is 1. The van der Waals surface area contributed by atoms with Gasteiger partial charge in [-0.25, -0.2) is 9.78 Å². The Labute approximate surface area is 111 Å². The molecule has 0 aliphatic rings. The fourth-order valence-corrected chi connectivity index (χ4v) is 1.52. The number of nitrogens with one attached hydrogen (secondary N) is 2. The second kappa shape index (κ2) is 6.39. The second-order valence-electron chi connectivity index (χ2n) is 3.88. The second-order valence-corrected chi connectivity index (χ2v) is 3.88. The third-order valence-corrected chi connectivity index (χ3v) is 2.49. The molecule has 0 spiro atoms. The largest absolute Gasteiger partial charge is 0.481 e. The van der Waals surface area contributed by atoms with E-state index in [1.165, 1.54) is 0 Å². The fraction of sp³-hybridized carbons (Fsp3) is 0.143. The molecule has 0 saturated heterocycles. The SMILES string of the molecule is COc1ccc(CNC(=O)Nc2ccccc2)cn1. The highest BCUT2D eigenvalue weighted by molar-refractivity contribution is 5.89. The lowest BCUT2D eigenvalue weighted by Crippen LogP contribution is -2.28. The zero-order chi connectivity index (χ0) is 13.5. The highest BCUT2D eigenvalue weighted by Gasteiger charge is 2.01. The summed E-state index contributed by atoms with van der Waals surface area (Å²) in [5.74, 6) is 0.553. The Morgan fingerprint density at radius 1 is 1.21 bits per heavy atom. The maximum atomic E-state index is 11.6. The normalized spacial score (nSPS) is 9.74. The van der Waals surface area contributed by atoms with E-state index >= 15 is 0 Å². The monoisotopic (exact) mass is 257 g/mol. The van der Waals surface area contributed by atoms with Crippen LogP contribution < -0.4 is 15.4 Å². The highest BCUT2D eigenvalue weighted by atomic mass is 16.5. The molecule has 98 valence electrons. The number of para-hydroxylation sites is 1. The summed E-state index contributed by atoms with van der Waals surface area (Å²) in [6.07, 6.45) is 1.67. The van der Waals surface area contributed by atoms with Crippen LogP contribution in [0.4, 0.5) is 10.5 Å². The van der Waals surface area contributed by atoms with Crippen LogP contribution in [0.15, 0.2) is 48.7 Å². The van der Waals surface area contributed by atoms with Crippen molar-refractivity contribution in [3.05, 3.63) is 54.2 Å². The Bertz CT molecular complexity index is 526.